The third-order valence-corrected chi connectivity index (χ3v) is 1.91. The number of rotatable bonds is 8. The Bertz CT molecular complexity index is 218. The summed E-state index contributed by atoms with van der Waals surface area (Å²) in [4.78, 5) is 21.9. The van der Waals surface area contributed by atoms with Gasteiger partial charge in [-0.2, -0.15) is 0 Å². The molecule has 0 unspecified atom stereocenters. The molecule has 15 heavy (non-hydrogen) atoms. The summed E-state index contributed by atoms with van der Waals surface area (Å²) in [6, 6.07) is -0.565. The molecule has 0 aromatic carbocycles. The lowest BCUT2D eigenvalue weighted by Gasteiger charge is -2.11. The summed E-state index contributed by atoms with van der Waals surface area (Å²) in [5, 5.41) is 2.80. The first kappa shape index (κ1) is 14.2. The smallest absolute Gasteiger partial charge is 0.156 e. The highest BCUT2D eigenvalue weighted by molar-refractivity contribution is 6.00. The van der Waals surface area contributed by atoms with E-state index >= 15 is 0 Å². The number of hydrogen-bond acceptors (Lipinski definition) is 6. The van der Waals surface area contributed by atoms with Crippen LogP contribution in [0.25, 0.3) is 0 Å². The van der Waals surface area contributed by atoms with Gasteiger partial charge in [-0.15, -0.1) is 0 Å². The van der Waals surface area contributed by atoms with Crippen LogP contribution in [0.3, 0.4) is 0 Å². The Kier molecular flexibility index (Phi) is 7.06. The standard InChI is InChI=1S/C9H20N4O2/c1-6(14)5-8(15)7(10)3-2-4-13-9(11)12/h7,9,13H,2-5,10-12H2,1H3/t7-/m0/s1. The van der Waals surface area contributed by atoms with Crippen LogP contribution < -0.4 is 22.5 Å². The zero-order valence-corrected chi connectivity index (χ0v) is 9.03. The first-order chi connectivity index (χ1) is 6.93. The van der Waals surface area contributed by atoms with Gasteiger partial charge in [0.25, 0.3) is 0 Å². The summed E-state index contributed by atoms with van der Waals surface area (Å²) in [7, 11) is 0. The topological polar surface area (TPSA) is 124 Å². The number of nitrogens with two attached hydrogens (primary N) is 3. The number of carbonyl (C=O) groups excluding carboxylic acids is 2. The molecule has 0 fully saturated rings. The van der Waals surface area contributed by atoms with Gasteiger partial charge in [-0.3, -0.25) is 14.9 Å². The molecule has 0 saturated heterocycles. The van der Waals surface area contributed by atoms with Gasteiger partial charge in [0.2, 0.25) is 0 Å². The van der Waals surface area contributed by atoms with Gasteiger partial charge in [0.15, 0.2) is 5.78 Å². The fourth-order valence-corrected chi connectivity index (χ4v) is 1.13. The minimum atomic E-state index is -0.565. The van der Waals surface area contributed by atoms with E-state index in [0.29, 0.717) is 19.4 Å². The minimum Gasteiger partial charge on any atom is -0.321 e. The van der Waals surface area contributed by atoms with Crippen molar-refractivity contribution in [2.24, 2.45) is 17.2 Å². The number of hydrogen-bond donors (Lipinski definition) is 4. The van der Waals surface area contributed by atoms with Crippen LogP contribution in [0.4, 0.5) is 0 Å². The number of Topliss-reactive ketones (excluding diaryl/α,β-unsaturated/α-hetero) is 2. The monoisotopic (exact) mass is 216 g/mol. The second kappa shape index (κ2) is 7.47. The van der Waals surface area contributed by atoms with E-state index in [9.17, 15) is 9.59 Å². The van der Waals surface area contributed by atoms with E-state index in [1.807, 2.05) is 0 Å². The van der Waals surface area contributed by atoms with Gasteiger partial charge in [-0.1, -0.05) is 0 Å². The molecule has 0 aliphatic rings. The van der Waals surface area contributed by atoms with Crippen molar-refractivity contribution in [1.29, 1.82) is 0 Å². The molecule has 6 nitrogen and oxygen atoms in total. The van der Waals surface area contributed by atoms with Crippen LogP contribution in [0, 0.1) is 0 Å². The van der Waals surface area contributed by atoms with Crippen molar-refractivity contribution in [3.05, 3.63) is 0 Å². The molecule has 88 valence electrons. The Morgan fingerprint density at radius 1 is 1.27 bits per heavy atom. The highest BCUT2D eigenvalue weighted by Gasteiger charge is 2.14. The van der Waals surface area contributed by atoms with Gasteiger partial charge in [-0.25, -0.2) is 0 Å². The van der Waals surface area contributed by atoms with Crippen LogP contribution >= 0.6 is 0 Å². The van der Waals surface area contributed by atoms with E-state index in [-0.39, 0.29) is 18.0 Å². The first-order valence-corrected chi connectivity index (χ1v) is 4.95. The molecule has 0 aromatic heterocycles. The fraction of sp³-hybridized carbons (Fsp3) is 0.778. The van der Waals surface area contributed by atoms with Gasteiger partial charge in [0, 0.05) is 0 Å². The van der Waals surface area contributed by atoms with Crippen molar-refractivity contribution in [2.45, 2.75) is 38.5 Å². The average Bonchev–Trinajstić information content (AvgIpc) is 2.10. The Hall–Kier alpha value is -0.820. The van der Waals surface area contributed by atoms with Crippen molar-refractivity contribution in [2.75, 3.05) is 6.54 Å². The van der Waals surface area contributed by atoms with Crippen LogP contribution in [0.5, 0.6) is 0 Å². The Morgan fingerprint density at radius 3 is 2.33 bits per heavy atom. The third-order valence-electron chi connectivity index (χ3n) is 1.91. The van der Waals surface area contributed by atoms with Crippen LogP contribution in [-0.4, -0.2) is 30.4 Å². The van der Waals surface area contributed by atoms with E-state index in [1.165, 1.54) is 6.92 Å². The maximum Gasteiger partial charge on any atom is 0.156 e. The van der Waals surface area contributed by atoms with Gasteiger partial charge in [0.05, 0.1) is 12.5 Å². The van der Waals surface area contributed by atoms with Crippen LogP contribution in [0.1, 0.15) is 26.2 Å². The molecular formula is C9H20N4O2. The highest BCUT2D eigenvalue weighted by atomic mass is 16.1. The zero-order valence-electron chi connectivity index (χ0n) is 9.03. The van der Waals surface area contributed by atoms with Crippen LogP contribution in [0.15, 0.2) is 0 Å². The summed E-state index contributed by atoms with van der Waals surface area (Å²) in [5.41, 5.74) is 16.1. The minimum absolute atomic E-state index is 0.0784. The lowest BCUT2D eigenvalue weighted by molar-refractivity contribution is -0.126. The predicted molar refractivity (Wildman–Crippen MR) is 57.7 cm³/mol. The molecule has 0 amide bonds. The Morgan fingerprint density at radius 2 is 1.87 bits per heavy atom. The molecule has 0 aliphatic heterocycles. The highest BCUT2D eigenvalue weighted by Crippen LogP contribution is 1.98. The van der Waals surface area contributed by atoms with Gasteiger partial charge >= 0.3 is 0 Å². The molecular weight excluding hydrogens is 196 g/mol. The van der Waals surface area contributed by atoms with Gasteiger partial charge < -0.3 is 17.2 Å². The molecule has 7 N–H and O–H groups in total. The third kappa shape index (κ3) is 8.19. The molecule has 0 rings (SSSR count). The molecule has 0 heterocycles. The average molecular weight is 216 g/mol. The molecule has 6 heteroatoms. The van der Waals surface area contributed by atoms with Crippen molar-refractivity contribution >= 4 is 11.6 Å². The van der Waals surface area contributed by atoms with E-state index in [0.717, 1.165) is 0 Å². The predicted octanol–water partition coefficient (Wildman–Crippen LogP) is -1.57. The lowest BCUT2D eigenvalue weighted by atomic mass is 10.0. The van der Waals surface area contributed by atoms with E-state index in [2.05, 4.69) is 5.32 Å². The van der Waals surface area contributed by atoms with E-state index in [1.54, 1.807) is 0 Å². The van der Waals surface area contributed by atoms with Crippen molar-refractivity contribution in [1.82, 2.24) is 5.32 Å². The van der Waals surface area contributed by atoms with Gasteiger partial charge in [0.1, 0.15) is 12.1 Å². The Labute approximate surface area is 89.6 Å². The largest absolute Gasteiger partial charge is 0.321 e. The number of ketones is 2. The van der Waals surface area contributed by atoms with Crippen molar-refractivity contribution in [3.8, 4) is 0 Å². The molecule has 0 aliphatic carbocycles. The van der Waals surface area contributed by atoms with Gasteiger partial charge in [-0.05, 0) is 26.3 Å². The summed E-state index contributed by atoms with van der Waals surface area (Å²) >= 11 is 0. The second-order valence-corrected chi connectivity index (χ2v) is 3.57. The molecule has 0 spiro atoms. The molecule has 0 bridgehead atoms. The fourth-order valence-electron chi connectivity index (χ4n) is 1.13. The maximum absolute atomic E-state index is 11.3. The number of nitrogens with one attached hydrogen (secondary N) is 1. The van der Waals surface area contributed by atoms with E-state index in [4.69, 9.17) is 17.2 Å². The Balaban J connectivity index is 3.60. The summed E-state index contributed by atoms with van der Waals surface area (Å²) < 4.78 is 0. The van der Waals surface area contributed by atoms with Crippen molar-refractivity contribution < 1.29 is 9.59 Å². The molecule has 0 aromatic rings. The summed E-state index contributed by atoms with van der Waals surface area (Å²) in [6.45, 7) is 1.98. The molecule has 1 atom stereocenters. The lowest BCUT2D eigenvalue weighted by Crippen LogP contribution is -2.45. The maximum atomic E-state index is 11.3. The first-order valence-electron chi connectivity index (χ1n) is 4.95. The summed E-state index contributed by atoms with van der Waals surface area (Å²) in [6.07, 6.45) is 0.612. The quantitative estimate of drug-likeness (QED) is 0.221. The van der Waals surface area contributed by atoms with Crippen molar-refractivity contribution in [3.63, 3.8) is 0 Å². The number of carbonyl (C=O) groups is 2. The zero-order chi connectivity index (χ0) is 11.8. The second-order valence-electron chi connectivity index (χ2n) is 3.57. The molecule has 0 saturated carbocycles. The van der Waals surface area contributed by atoms with E-state index < -0.39 is 12.3 Å². The molecule has 0 radical (unpaired) electrons. The van der Waals surface area contributed by atoms with Crippen LogP contribution in [0.2, 0.25) is 0 Å². The normalized spacial score (nSPS) is 12.9. The summed E-state index contributed by atoms with van der Waals surface area (Å²) in [5.74, 6) is -0.364. The SMILES string of the molecule is CC(=O)CC(=O)[C@@H](N)CCCNC(N)N. The van der Waals surface area contributed by atoms with Crippen LogP contribution in [-0.2, 0) is 9.59 Å².